The fourth-order valence-electron chi connectivity index (χ4n) is 1.82. The molecule has 1 fully saturated rings. The number of hydrogen-bond acceptors (Lipinski definition) is 5. The Morgan fingerprint density at radius 3 is 2.58 bits per heavy atom. The van der Waals surface area contributed by atoms with Crippen LogP contribution < -0.4 is 10.0 Å². The Morgan fingerprint density at radius 2 is 2.05 bits per heavy atom. The van der Waals surface area contributed by atoms with Gasteiger partial charge in [-0.3, -0.25) is 4.90 Å². The summed E-state index contributed by atoms with van der Waals surface area (Å²) < 4.78 is 32.3. The highest BCUT2D eigenvalue weighted by atomic mass is 32.2. The molecule has 1 aliphatic rings. The molecule has 1 aromatic carbocycles. The van der Waals surface area contributed by atoms with Gasteiger partial charge >= 0.3 is 6.09 Å². The fourth-order valence-corrected chi connectivity index (χ4v) is 2.34. The number of amides is 1. The molecule has 8 heteroatoms. The van der Waals surface area contributed by atoms with Gasteiger partial charge in [0.25, 0.3) is 0 Å². The van der Waals surface area contributed by atoms with Gasteiger partial charge < -0.3 is 9.47 Å². The van der Waals surface area contributed by atoms with E-state index >= 15 is 0 Å². The van der Waals surface area contributed by atoms with Gasteiger partial charge in [0.15, 0.2) is 0 Å². The molecular weight excluding hydrogens is 272 g/mol. The van der Waals surface area contributed by atoms with Crippen LogP contribution in [0.15, 0.2) is 29.2 Å². The minimum absolute atomic E-state index is 0.00254. The summed E-state index contributed by atoms with van der Waals surface area (Å²) in [5.41, 5.74) is 0.552. The molecule has 0 bridgehead atoms. The predicted molar refractivity (Wildman–Crippen MR) is 67.3 cm³/mol. The molecule has 1 heterocycles. The largest absolute Gasteiger partial charge is 0.441 e. The van der Waals surface area contributed by atoms with Crippen molar-refractivity contribution in [1.29, 1.82) is 0 Å². The van der Waals surface area contributed by atoms with E-state index in [9.17, 15) is 13.2 Å². The lowest BCUT2D eigenvalue weighted by Crippen LogP contribution is -2.25. The lowest BCUT2D eigenvalue weighted by Gasteiger charge is -2.13. The third-order valence-corrected chi connectivity index (χ3v) is 3.63. The van der Waals surface area contributed by atoms with Crippen molar-refractivity contribution in [3.8, 4) is 0 Å². The highest BCUT2D eigenvalue weighted by molar-refractivity contribution is 7.89. The second-order valence-electron chi connectivity index (χ2n) is 4.11. The zero-order valence-electron chi connectivity index (χ0n) is 10.3. The summed E-state index contributed by atoms with van der Waals surface area (Å²) in [6.45, 7) is 0.679. The normalized spacial score (nSPS) is 19.6. The molecule has 2 N–H and O–H groups in total. The molecule has 19 heavy (non-hydrogen) atoms. The second-order valence-corrected chi connectivity index (χ2v) is 5.67. The fraction of sp³-hybridized carbons (Fsp3) is 0.364. The Kier molecular flexibility index (Phi) is 3.74. The van der Waals surface area contributed by atoms with Crippen LogP contribution >= 0.6 is 0 Å². The first kappa shape index (κ1) is 13.8. The van der Waals surface area contributed by atoms with Crippen LogP contribution in [0.4, 0.5) is 10.5 Å². The molecule has 0 saturated carbocycles. The number of cyclic esters (lactones) is 1. The van der Waals surface area contributed by atoms with E-state index in [4.69, 9.17) is 14.6 Å². The Morgan fingerprint density at radius 1 is 1.42 bits per heavy atom. The summed E-state index contributed by atoms with van der Waals surface area (Å²) in [5.74, 6) is 0. The minimum Gasteiger partial charge on any atom is -0.441 e. The highest BCUT2D eigenvalue weighted by Gasteiger charge is 2.32. The van der Waals surface area contributed by atoms with Gasteiger partial charge in [0, 0.05) is 12.8 Å². The molecular formula is C11H14N2O5S. The number of nitrogens with two attached hydrogens (primary N) is 1. The van der Waals surface area contributed by atoms with Crippen molar-refractivity contribution in [3.05, 3.63) is 24.3 Å². The summed E-state index contributed by atoms with van der Waals surface area (Å²) in [6.07, 6.45) is -0.805. The molecule has 7 nitrogen and oxygen atoms in total. The van der Waals surface area contributed by atoms with Crippen LogP contribution in [0.25, 0.3) is 0 Å². The van der Waals surface area contributed by atoms with Crippen molar-refractivity contribution in [2.75, 3.05) is 25.2 Å². The van der Waals surface area contributed by atoms with Gasteiger partial charge in [-0.15, -0.1) is 0 Å². The minimum atomic E-state index is -3.73. The van der Waals surface area contributed by atoms with Crippen LogP contribution in [0.2, 0.25) is 0 Å². The van der Waals surface area contributed by atoms with Gasteiger partial charge in [0.2, 0.25) is 10.0 Å². The average molecular weight is 286 g/mol. The lowest BCUT2D eigenvalue weighted by atomic mass is 10.3. The first-order valence-electron chi connectivity index (χ1n) is 5.52. The number of ether oxygens (including phenoxy) is 2. The van der Waals surface area contributed by atoms with Crippen LogP contribution in [0.3, 0.4) is 0 Å². The molecule has 104 valence electrons. The van der Waals surface area contributed by atoms with Gasteiger partial charge in [-0.05, 0) is 24.3 Å². The number of hydrogen-bond donors (Lipinski definition) is 1. The third-order valence-electron chi connectivity index (χ3n) is 2.70. The number of anilines is 1. The van der Waals surface area contributed by atoms with Crippen LogP contribution in [0, 0.1) is 0 Å². The summed E-state index contributed by atoms with van der Waals surface area (Å²) in [6, 6.07) is 5.72. The van der Waals surface area contributed by atoms with Gasteiger partial charge in [-0.25, -0.2) is 18.4 Å². The average Bonchev–Trinajstić information content (AvgIpc) is 2.70. The molecule has 1 amide bonds. The molecule has 2 rings (SSSR count). The lowest BCUT2D eigenvalue weighted by molar-refractivity contribution is 0.0718. The van der Waals surface area contributed by atoms with Crippen LogP contribution in [0.1, 0.15) is 0 Å². The predicted octanol–water partition coefficient (Wildman–Crippen LogP) is 0.306. The number of primary sulfonamides is 1. The molecule has 0 unspecified atom stereocenters. The number of sulfonamides is 1. The standard InChI is InChI=1S/C11H14N2O5S/c1-17-7-9-6-13(11(14)18-9)8-2-4-10(5-3-8)19(12,15)16/h2-5,9H,6-7H2,1H3,(H2,12,15,16)/t9-/m0/s1. The summed E-state index contributed by atoms with van der Waals surface area (Å²) in [5, 5.41) is 5.00. The van der Waals surface area contributed by atoms with Crippen LogP contribution in [-0.4, -0.2) is 40.9 Å². The van der Waals surface area contributed by atoms with Crippen LogP contribution in [-0.2, 0) is 19.5 Å². The number of carbonyl (C=O) groups excluding carboxylic acids is 1. The number of rotatable bonds is 4. The third kappa shape index (κ3) is 3.03. The maximum absolute atomic E-state index is 11.6. The highest BCUT2D eigenvalue weighted by Crippen LogP contribution is 2.23. The molecule has 0 spiro atoms. The monoisotopic (exact) mass is 286 g/mol. The maximum atomic E-state index is 11.6. The van der Waals surface area contributed by atoms with E-state index in [-0.39, 0.29) is 11.0 Å². The number of benzene rings is 1. The van der Waals surface area contributed by atoms with Gasteiger partial charge in [-0.1, -0.05) is 0 Å². The van der Waals surface area contributed by atoms with E-state index in [2.05, 4.69) is 0 Å². The summed E-state index contributed by atoms with van der Waals surface area (Å²) in [4.78, 5) is 13.1. The van der Waals surface area contributed by atoms with Gasteiger partial charge in [0.05, 0.1) is 18.0 Å². The van der Waals surface area contributed by atoms with E-state index in [0.29, 0.717) is 18.8 Å². The van der Waals surface area contributed by atoms with E-state index < -0.39 is 16.1 Å². The Hall–Kier alpha value is -1.64. The summed E-state index contributed by atoms with van der Waals surface area (Å²) >= 11 is 0. The van der Waals surface area contributed by atoms with Crippen molar-refractivity contribution in [1.82, 2.24) is 0 Å². The first-order valence-corrected chi connectivity index (χ1v) is 7.06. The van der Waals surface area contributed by atoms with E-state index in [1.54, 1.807) is 0 Å². The van der Waals surface area contributed by atoms with Crippen LogP contribution in [0.5, 0.6) is 0 Å². The smallest absolute Gasteiger partial charge is 0.414 e. The zero-order chi connectivity index (χ0) is 14.0. The van der Waals surface area contributed by atoms with E-state index in [0.717, 1.165) is 0 Å². The Labute approximate surface area is 110 Å². The van der Waals surface area contributed by atoms with Gasteiger partial charge in [-0.2, -0.15) is 0 Å². The number of carbonyl (C=O) groups is 1. The first-order chi connectivity index (χ1) is 8.91. The Balaban J connectivity index is 2.17. The SMILES string of the molecule is COC[C@@H]1CN(c2ccc(S(N)(=O)=O)cc2)C(=O)O1. The molecule has 0 aromatic heterocycles. The number of methoxy groups -OCH3 is 1. The maximum Gasteiger partial charge on any atom is 0.414 e. The quantitative estimate of drug-likeness (QED) is 0.858. The van der Waals surface area contributed by atoms with Crippen molar-refractivity contribution in [2.24, 2.45) is 5.14 Å². The van der Waals surface area contributed by atoms with E-state index in [1.807, 2.05) is 0 Å². The zero-order valence-corrected chi connectivity index (χ0v) is 11.1. The van der Waals surface area contributed by atoms with Gasteiger partial charge in [0.1, 0.15) is 6.10 Å². The Bertz CT molecular complexity index is 569. The molecule has 1 aliphatic heterocycles. The molecule has 1 saturated heterocycles. The van der Waals surface area contributed by atoms with Crippen molar-refractivity contribution < 1.29 is 22.7 Å². The number of nitrogens with zero attached hydrogens (tertiary/aromatic N) is 1. The molecule has 0 aliphatic carbocycles. The molecule has 0 radical (unpaired) electrons. The van der Waals surface area contributed by atoms with E-state index in [1.165, 1.54) is 36.3 Å². The molecule has 1 atom stereocenters. The second kappa shape index (κ2) is 5.16. The van der Waals surface area contributed by atoms with Crippen molar-refractivity contribution in [2.45, 2.75) is 11.0 Å². The van der Waals surface area contributed by atoms with Crippen molar-refractivity contribution >= 4 is 21.8 Å². The topological polar surface area (TPSA) is 98.9 Å². The summed E-state index contributed by atoms with van der Waals surface area (Å²) in [7, 11) is -2.21. The molecule has 1 aromatic rings. The van der Waals surface area contributed by atoms with Crippen molar-refractivity contribution in [3.63, 3.8) is 0 Å².